The molecule has 1 rings (SSSR count). The Morgan fingerprint density at radius 3 is 2.38 bits per heavy atom. The first kappa shape index (κ1) is 13.8. The molecule has 2 atom stereocenters. The number of hydrogen-bond acceptors (Lipinski definition) is 1. The fourth-order valence-electron chi connectivity index (χ4n) is 2.78. The number of allylic oxidation sites excluding steroid dienone is 1. The standard InChI is InChI=1S/C15H28O/c1-6-13(16)12(2)8-11-15(5)10-7-9-14(15,3)4/h8,13,16H,6-7,9-11H2,1-5H3/b12-8+. The molecular formula is C15H28O. The van der Waals surface area contributed by atoms with Crippen molar-refractivity contribution in [3.05, 3.63) is 11.6 Å². The van der Waals surface area contributed by atoms with Gasteiger partial charge in [0, 0.05) is 0 Å². The lowest BCUT2D eigenvalue weighted by Crippen LogP contribution is -2.29. The molecule has 0 aliphatic heterocycles. The fourth-order valence-corrected chi connectivity index (χ4v) is 2.78. The van der Waals surface area contributed by atoms with Gasteiger partial charge in [0.1, 0.15) is 0 Å². The van der Waals surface area contributed by atoms with E-state index in [9.17, 15) is 5.11 Å². The van der Waals surface area contributed by atoms with E-state index < -0.39 is 0 Å². The molecule has 1 heteroatoms. The molecule has 0 saturated heterocycles. The molecule has 2 unspecified atom stereocenters. The van der Waals surface area contributed by atoms with Crippen molar-refractivity contribution in [1.82, 2.24) is 0 Å². The second-order valence-corrected chi connectivity index (χ2v) is 6.37. The van der Waals surface area contributed by atoms with Gasteiger partial charge in [0.2, 0.25) is 0 Å². The zero-order valence-corrected chi connectivity index (χ0v) is 11.6. The number of aliphatic hydroxyl groups excluding tert-OH is 1. The lowest BCUT2D eigenvalue weighted by Gasteiger charge is -2.38. The minimum atomic E-state index is -0.242. The molecule has 1 saturated carbocycles. The van der Waals surface area contributed by atoms with Crippen molar-refractivity contribution in [3.63, 3.8) is 0 Å². The molecular weight excluding hydrogens is 196 g/mol. The molecule has 0 aromatic rings. The van der Waals surface area contributed by atoms with E-state index in [0.29, 0.717) is 10.8 Å². The van der Waals surface area contributed by atoms with Crippen LogP contribution in [0.25, 0.3) is 0 Å². The molecule has 0 bridgehead atoms. The lowest BCUT2D eigenvalue weighted by molar-refractivity contribution is 0.134. The highest BCUT2D eigenvalue weighted by Gasteiger charge is 2.43. The van der Waals surface area contributed by atoms with E-state index >= 15 is 0 Å². The summed E-state index contributed by atoms with van der Waals surface area (Å²) in [4.78, 5) is 0. The van der Waals surface area contributed by atoms with Crippen LogP contribution in [0.15, 0.2) is 11.6 Å². The van der Waals surface area contributed by atoms with Gasteiger partial charge in [-0.2, -0.15) is 0 Å². The van der Waals surface area contributed by atoms with Crippen LogP contribution in [0.2, 0.25) is 0 Å². The van der Waals surface area contributed by atoms with Gasteiger partial charge in [0.05, 0.1) is 6.10 Å². The van der Waals surface area contributed by atoms with Crippen LogP contribution in [0.1, 0.15) is 66.7 Å². The predicted octanol–water partition coefficient (Wildman–Crippen LogP) is 4.31. The lowest BCUT2D eigenvalue weighted by atomic mass is 9.67. The summed E-state index contributed by atoms with van der Waals surface area (Å²) in [7, 11) is 0. The Labute approximate surface area is 101 Å². The van der Waals surface area contributed by atoms with Crippen LogP contribution < -0.4 is 0 Å². The highest BCUT2D eigenvalue weighted by Crippen LogP contribution is 2.54. The molecule has 0 heterocycles. The quantitative estimate of drug-likeness (QED) is 0.705. The summed E-state index contributed by atoms with van der Waals surface area (Å²) in [6.07, 6.45) is 7.98. The second kappa shape index (κ2) is 4.91. The van der Waals surface area contributed by atoms with Gasteiger partial charge in [-0.25, -0.2) is 0 Å². The van der Waals surface area contributed by atoms with Crippen molar-refractivity contribution < 1.29 is 5.11 Å². The summed E-state index contributed by atoms with van der Waals surface area (Å²) in [6, 6.07) is 0. The first-order valence-electron chi connectivity index (χ1n) is 6.67. The number of aliphatic hydroxyl groups is 1. The summed E-state index contributed by atoms with van der Waals surface area (Å²) >= 11 is 0. The minimum absolute atomic E-state index is 0.242. The van der Waals surface area contributed by atoms with Crippen LogP contribution in [0.4, 0.5) is 0 Å². The van der Waals surface area contributed by atoms with Gasteiger partial charge in [-0.05, 0) is 49.0 Å². The van der Waals surface area contributed by atoms with Gasteiger partial charge in [-0.15, -0.1) is 0 Å². The van der Waals surface area contributed by atoms with Crippen LogP contribution >= 0.6 is 0 Å². The molecule has 1 aliphatic carbocycles. The van der Waals surface area contributed by atoms with E-state index in [1.54, 1.807) is 0 Å². The zero-order valence-electron chi connectivity index (χ0n) is 11.6. The van der Waals surface area contributed by atoms with Crippen LogP contribution in [0.5, 0.6) is 0 Å². The van der Waals surface area contributed by atoms with Crippen molar-refractivity contribution in [2.75, 3.05) is 0 Å². The maximum atomic E-state index is 9.75. The third-order valence-corrected chi connectivity index (χ3v) is 4.95. The summed E-state index contributed by atoms with van der Waals surface area (Å²) in [6.45, 7) is 11.3. The Kier molecular flexibility index (Phi) is 4.23. The average Bonchev–Trinajstić information content (AvgIpc) is 2.49. The van der Waals surface area contributed by atoms with Crippen molar-refractivity contribution in [3.8, 4) is 0 Å². The van der Waals surface area contributed by atoms with Crippen LogP contribution in [-0.4, -0.2) is 11.2 Å². The topological polar surface area (TPSA) is 20.2 Å². The van der Waals surface area contributed by atoms with Gasteiger partial charge >= 0.3 is 0 Å². The summed E-state index contributed by atoms with van der Waals surface area (Å²) < 4.78 is 0. The third-order valence-electron chi connectivity index (χ3n) is 4.95. The van der Waals surface area contributed by atoms with E-state index in [1.807, 2.05) is 6.92 Å². The highest BCUT2D eigenvalue weighted by molar-refractivity contribution is 5.08. The zero-order chi connectivity index (χ0) is 12.4. The van der Waals surface area contributed by atoms with Crippen LogP contribution in [0, 0.1) is 10.8 Å². The molecule has 94 valence electrons. The highest BCUT2D eigenvalue weighted by atomic mass is 16.3. The largest absolute Gasteiger partial charge is 0.389 e. The number of rotatable bonds is 4. The van der Waals surface area contributed by atoms with E-state index in [1.165, 1.54) is 19.3 Å². The average molecular weight is 224 g/mol. The van der Waals surface area contributed by atoms with Crippen LogP contribution in [0.3, 0.4) is 0 Å². The Bertz CT molecular complexity index is 265. The third kappa shape index (κ3) is 2.68. The molecule has 0 aromatic carbocycles. The molecule has 0 aromatic heterocycles. The van der Waals surface area contributed by atoms with E-state index in [2.05, 4.69) is 33.8 Å². The van der Waals surface area contributed by atoms with E-state index in [0.717, 1.165) is 18.4 Å². The first-order valence-corrected chi connectivity index (χ1v) is 6.67. The van der Waals surface area contributed by atoms with Gasteiger partial charge in [0.25, 0.3) is 0 Å². The summed E-state index contributed by atoms with van der Waals surface area (Å²) in [5, 5.41) is 9.75. The van der Waals surface area contributed by atoms with Crippen molar-refractivity contribution >= 4 is 0 Å². The van der Waals surface area contributed by atoms with E-state index in [-0.39, 0.29) is 6.10 Å². The van der Waals surface area contributed by atoms with Gasteiger partial charge in [-0.3, -0.25) is 0 Å². The van der Waals surface area contributed by atoms with Gasteiger partial charge < -0.3 is 5.11 Å². The molecule has 1 aliphatic rings. The number of hydrogen-bond donors (Lipinski definition) is 1. The maximum Gasteiger partial charge on any atom is 0.0744 e. The Balaban J connectivity index is 2.67. The second-order valence-electron chi connectivity index (χ2n) is 6.37. The van der Waals surface area contributed by atoms with Crippen LogP contribution in [-0.2, 0) is 0 Å². The minimum Gasteiger partial charge on any atom is -0.389 e. The Morgan fingerprint density at radius 1 is 1.31 bits per heavy atom. The molecule has 1 N–H and O–H groups in total. The normalized spacial score (nSPS) is 31.8. The van der Waals surface area contributed by atoms with Crippen molar-refractivity contribution in [2.45, 2.75) is 72.8 Å². The van der Waals surface area contributed by atoms with Crippen molar-refractivity contribution in [1.29, 1.82) is 0 Å². The first-order chi connectivity index (χ1) is 7.32. The Hall–Kier alpha value is -0.300. The van der Waals surface area contributed by atoms with Crippen molar-refractivity contribution in [2.24, 2.45) is 10.8 Å². The summed E-state index contributed by atoms with van der Waals surface area (Å²) in [5.41, 5.74) is 2.01. The maximum absolute atomic E-state index is 9.75. The molecule has 1 fully saturated rings. The monoisotopic (exact) mass is 224 g/mol. The molecule has 0 radical (unpaired) electrons. The SMILES string of the molecule is CCC(O)/C(C)=C/CC1(C)CCCC1(C)C. The smallest absolute Gasteiger partial charge is 0.0744 e. The van der Waals surface area contributed by atoms with Gasteiger partial charge in [0.15, 0.2) is 0 Å². The Morgan fingerprint density at radius 2 is 1.94 bits per heavy atom. The molecule has 1 nitrogen and oxygen atoms in total. The van der Waals surface area contributed by atoms with Gasteiger partial charge in [-0.1, -0.05) is 40.2 Å². The summed E-state index contributed by atoms with van der Waals surface area (Å²) in [5.74, 6) is 0. The fraction of sp³-hybridized carbons (Fsp3) is 0.867. The molecule has 0 amide bonds. The predicted molar refractivity (Wildman–Crippen MR) is 70.4 cm³/mol. The molecule has 0 spiro atoms. The molecule has 16 heavy (non-hydrogen) atoms. The van der Waals surface area contributed by atoms with E-state index in [4.69, 9.17) is 0 Å².